The molecule has 8 heteroatoms. The van der Waals surface area contributed by atoms with Crippen LogP contribution in [0.5, 0.6) is 5.75 Å². The van der Waals surface area contributed by atoms with E-state index in [9.17, 15) is 9.59 Å². The predicted molar refractivity (Wildman–Crippen MR) is 148 cm³/mol. The molecule has 0 spiro atoms. The monoisotopic (exact) mass is 505 g/mol. The van der Waals surface area contributed by atoms with Crippen LogP contribution < -0.4 is 16.0 Å². The summed E-state index contributed by atoms with van der Waals surface area (Å²) in [5.74, 6) is 1.34. The largest absolute Gasteiger partial charge is 0.489 e. The van der Waals surface area contributed by atoms with Gasteiger partial charge in [0.25, 0.3) is 5.56 Å². The molecule has 8 nitrogen and oxygen atoms in total. The van der Waals surface area contributed by atoms with Crippen molar-refractivity contribution in [2.24, 2.45) is 21.1 Å². The maximum Gasteiger partial charge on any atom is 0.332 e. The molecule has 0 saturated carbocycles. The van der Waals surface area contributed by atoms with Gasteiger partial charge in [0.2, 0.25) is 0 Å². The molecule has 38 heavy (non-hydrogen) atoms. The minimum Gasteiger partial charge on any atom is -0.489 e. The Labute approximate surface area is 218 Å². The highest BCUT2D eigenvalue weighted by Crippen LogP contribution is 2.34. The average Bonchev–Trinajstić information content (AvgIpc) is 3.47. The summed E-state index contributed by atoms with van der Waals surface area (Å²) >= 11 is 0. The number of aromatic nitrogens is 5. The first-order valence-electron chi connectivity index (χ1n) is 12.4. The third kappa shape index (κ3) is 3.91. The van der Waals surface area contributed by atoms with Gasteiger partial charge in [0.15, 0.2) is 11.2 Å². The van der Waals surface area contributed by atoms with Crippen molar-refractivity contribution in [3.05, 3.63) is 117 Å². The minimum atomic E-state index is -0.407. The number of nitrogens with zero attached hydrogens (tertiary/aromatic N) is 5. The molecular weight excluding hydrogens is 478 g/mol. The Kier molecular flexibility index (Phi) is 5.72. The number of imidazole rings is 1. The topological polar surface area (TPSA) is 76.0 Å². The molecule has 0 unspecified atom stereocenters. The summed E-state index contributed by atoms with van der Waals surface area (Å²) in [7, 11) is 4.93. The maximum absolute atomic E-state index is 13.0. The van der Waals surface area contributed by atoms with Crippen molar-refractivity contribution in [3.63, 3.8) is 0 Å². The molecule has 3 heterocycles. The average molecular weight is 506 g/mol. The highest BCUT2D eigenvalue weighted by atomic mass is 16.5. The first-order valence-corrected chi connectivity index (χ1v) is 12.4. The Morgan fingerprint density at radius 2 is 1.47 bits per heavy atom. The van der Waals surface area contributed by atoms with Gasteiger partial charge in [-0.1, -0.05) is 60.7 Å². The lowest BCUT2D eigenvalue weighted by Crippen LogP contribution is -2.37. The molecular formula is C30H27N5O3. The molecule has 0 saturated heterocycles. The second-order valence-corrected chi connectivity index (χ2v) is 9.48. The van der Waals surface area contributed by atoms with Gasteiger partial charge >= 0.3 is 5.69 Å². The smallest absolute Gasteiger partial charge is 0.332 e. The molecule has 190 valence electrons. The van der Waals surface area contributed by atoms with E-state index in [0.717, 1.165) is 32.3 Å². The second-order valence-electron chi connectivity index (χ2n) is 9.48. The first kappa shape index (κ1) is 23.5. The molecule has 0 amide bonds. The van der Waals surface area contributed by atoms with Crippen LogP contribution in [0.1, 0.15) is 11.1 Å². The predicted octanol–water partition coefficient (Wildman–Crippen LogP) is 4.22. The zero-order chi connectivity index (χ0) is 26.4. The van der Waals surface area contributed by atoms with E-state index in [1.165, 1.54) is 17.2 Å². The van der Waals surface area contributed by atoms with Gasteiger partial charge in [-0.3, -0.25) is 13.9 Å². The SMILES string of the molecule is Cn1c(=O)c2c(nc(-c3cn(Cc4ccccc4)c4ccc(OCc5ccccc5)cc34)n2C)n(C)c1=O. The summed E-state index contributed by atoms with van der Waals surface area (Å²) in [5.41, 5.74) is 4.09. The van der Waals surface area contributed by atoms with Gasteiger partial charge in [-0.25, -0.2) is 9.78 Å². The van der Waals surface area contributed by atoms with Crippen LogP contribution in [0.4, 0.5) is 0 Å². The Hall–Kier alpha value is -4.85. The molecule has 0 aliphatic carbocycles. The second kappa shape index (κ2) is 9.23. The first-order chi connectivity index (χ1) is 18.4. The van der Waals surface area contributed by atoms with Gasteiger partial charge in [0.1, 0.15) is 18.2 Å². The van der Waals surface area contributed by atoms with Crippen molar-refractivity contribution >= 4 is 22.1 Å². The molecule has 0 atom stereocenters. The number of benzene rings is 3. The van der Waals surface area contributed by atoms with Crippen molar-refractivity contribution in [3.8, 4) is 17.1 Å². The van der Waals surface area contributed by atoms with Crippen LogP contribution >= 0.6 is 0 Å². The zero-order valence-electron chi connectivity index (χ0n) is 21.5. The molecule has 0 fully saturated rings. The lowest BCUT2D eigenvalue weighted by molar-refractivity contribution is 0.306. The van der Waals surface area contributed by atoms with Crippen molar-refractivity contribution in [2.75, 3.05) is 0 Å². The van der Waals surface area contributed by atoms with Crippen LogP contribution in [0.15, 0.2) is 94.6 Å². The number of hydrogen-bond acceptors (Lipinski definition) is 4. The van der Waals surface area contributed by atoms with Crippen molar-refractivity contribution in [1.29, 1.82) is 0 Å². The molecule has 0 aliphatic heterocycles. The number of aryl methyl sites for hydroxylation is 2. The lowest BCUT2D eigenvalue weighted by atomic mass is 10.1. The zero-order valence-corrected chi connectivity index (χ0v) is 21.5. The fourth-order valence-corrected chi connectivity index (χ4v) is 4.96. The van der Waals surface area contributed by atoms with E-state index in [0.29, 0.717) is 30.1 Å². The third-order valence-corrected chi connectivity index (χ3v) is 7.01. The number of ether oxygens (including phenoxy) is 1. The van der Waals surface area contributed by atoms with Crippen LogP contribution in [0.25, 0.3) is 33.5 Å². The van der Waals surface area contributed by atoms with E-state index in [1.54, 1.807) is 11.6 Å². The van der Waals surface area contributed by atoms with E-state index < -0.39 is 5.69 Å². The molecule has 0 N–H and O–H groups in total. The van der Waals surface area contributed by atoms with Crippen LogP contribution in [-0.2, 0) is 34.3 Å². The summed E-state index contributed by atoms with van der Waals surface area (Å²) in [6.07, 6.45) is 2.06. The summed E-state index contributed by atoms with van der Waals surface area (Å²) in [6, 6.07) is 26.3. The summed E-state index contributed by atoms with van der Waals surface area (Å²) in [5, 5.41) is 0.951. The van der Waals surface area contributed by atoms with Crippen LogP contribution in [0, 0.1) is 0 Å². The van der Waals surface area contributed by atoms with E-state index >= 15 is 0 Å². The van der Waals surface area contributed by atoms with Gasteiger partial charge in [0.05, 0.1) is 0 Å². The van der Waals surface area contributed by atoms with Crippen molar-refractivity contribution < 1.29 is 4.74 Å². The molecule has 3 aromatic carbocycles. The molecule has 3 aromatic heterocycles. The highest BCUT2D eigenvalue weighted by Gasteiger charge is 2.21. The molecule has 6 aromatic rings. The standard InChI is InChI=1S/C30H27N5O3/c1-32-26-28(33(2)30(37)34(3)29(26)36)31-27(32)24-18-35(17-20-10-6-4-7-11-20)25-15-14-22(16-23(24)25)38-19-21-12-8-5-9-13-21/h4-16,18H,17,19H2,1-3H3. The van der Waals surface area contributed by atoms with Crippen molar-refractivity contribution in [1.82, 2.24) is 23.3 Å². The minimum absolute atomic E-state index is 0.357. The van der Waals surface area contributed by atoms with Gasteiger partial charge in [0, 0.05) is 50.4 Å². The Morgan fingerprint density at radius 1 is 0.789 bits per heavy atom. The van der Waals surface area contributed by atoms with Gasteiger partial charge in [-0.2, -0.15) is 0 Å². The van der Waals surface area contributed by atoms with Gasteiger partial charge < -0.3 is 13.9 Å². The molecule has 0 aliphatic rings. The van der Waals surface area contributed by atoms with Gasteiger partial charge in [-0.15, -0.1) is 0 Å². The Bertz CT molecular complexity index is 1910. The number of fused-ring (bicyclic) bond motifs is 2. The highest BCUT2D eigenvalue weighted by molar-refractivity contribution is 5.97. The van der Waals surface area contributed by atoms with E-state index in [4.69, 9.17) is 9.72 Å². The number of hydrogen-bond donors (Lipinski definition) is 0. The maximum atomic E-state index is 13.0. The molecule has 0 bridgehead atoms. The van der Waals surface area contributed by atoms with Gasteiger partial charge in [-0.05, 0) is 29.3 Å². The number of rotatable bonds is 6. The lowest BCUT2D eigenvalue weighted by Gasteiger charge is -2.08. The van der Waals surface area contributed by atoms with Crippen LogP contribution in [0.3, 0.4) is 0 Å². The van der Waals surface area contributed by atoms with Crippen LogP contribution in [-0.4, -0.2) is 23.3 Å². The molecule has 0 radical (unpaired) electrons. The normalized spacial score (nSPS) is 11.4. The van der Waals surface area contributed by atoms with E-state index in [1.807, 2.05) is 67.7 Å². The third-order valence-electron chi connectivity index (χ3n) is 7.01. The van der Waals surface area contributed by atoms with Crippen molar-refractivity contribution in [2.45, 2.75) is 13.2 Å². The summed E-state index contributed by atoms with van der Waals surface area (Å²) in [6.45, 7) is 1.13. The van der Waals surface area contributed by atoms with Crippen LogP contribution in [0.2, 0.25) is 0 Å². The summed E-state index contributed by atoms with van der Waals surface area (Å²) in [4.78, 5) is 30.4. The Morgan fingerprint density at radius 3 is 2.18 bits per heavy atom. The summed E-state index contributed by atoms with van der Waals surface area (Å²) < 4.78 is 12.6. The van der Waals surface area contributed by atoms with E-state index in [2.05, 4.69) is 29.0 Å². The van der Waals surface area contributed by atoms with E-state index in [-0.39, 0.29) is 5.56 Å². The fraction of sp³-hybridized carbons (Fsp3) is 0.167. The molecule has 6 rings (SSSR count). The Balaban J connectivity index is 1.53. The quantitative estimate of drug-likeness (QED) is 0.340. The fourth-order valence-electron chi connectivity index (χ4n) is 4.96.